The Morgan fingerprint density at radius 3 is 2.81 bits per heavy atom. The van der Waals surface area contributed by atoms with Crippen LogP contribution in [0.2, 0.25) is 0 Å². The molecule has 2 N–H and O–H groups in total. The van der Waals surface area contributed by atoms with E-state index in [0.29, 0.717) is 42.6 Å². The number of ether oxygens (including phenoxy) is 2. The Bertz CT molecular complexity index is 933. The Balaban J connectivity index is 1.55. The molecule has 0 aliphatic carbocycles. The van der Waals surface area contributed by atoms with Gasteiger partial charge in [0.1, 0.15) is 17.7 Å². The molecule has 4 rings (SSSR count). The Morgan fingerprint density at radius 2 is 2.11 bits per heavy atom. The second-order valence-electron chi connectivity index (χ2n) is 6.28. The van der Waals surface area contributed by atoms with Gasteiger partial charge in [-0.2, -0.15) is 10.2 Å². The zero-order chi connectivity index (χ0) is 18.8. The van der Waals surface area contributed by atoms with E-state index in [1.165, 1.54) is 0 Å². The number of aromatic nitrogens is 5. The summed E-state index contributed by atoms with van der Waals surface area (Å²) in [6, 6.07) is 7.48. The number of methoxy groups -OCH3 is 1. The molecule has 3 heterocycles. The molecule has 1 amide bonds. The van der Waals surface area contributed by atoms with E-state index in [1.807, 2.05) is 31.2 Å². The van der Waals surface area contributed by atoms with Gasteiger partial charge in [0.2, 0.25) is 0 Å². The van der Waals surface area contributed by atoms with E-state index in [9.17, 15) is 4.79 Å². The molecule has 0 spiro atoms. The van der Waals surface area contributed by atoms with Crippen LogP contribution in [-0.2, 0) is 4.74 Å². The lowest BCUT2D eigenvalue weighted by atomic mass is 10.1. The van der Waals surface area contributed by atoms with Crippen LogP contribution in [0.5, 0.6) is 5.75 Å². The van der Waals surface area contributed by atoms with Crippen molar-refractivity contribution in [3.8, 4) is 17.0 Å². The maximum Gasteiger partial charge on any atom is 0.257 e. The molecule has 0 saturated carbocycles. The molecule has 1 aromatic carbocycles. The van der Waals surface area contributed by atoms with Crippen molar-refractivity contribution in [3.05, 3.63) is 47.7 Å². The van der Waals surface area contributed by atoms with Crippen LogP contribution < -0.4 is 4.74 Å². The summed E-state index contributed by atoms with van der Waals surface area (Å²) < 4.78 is 10.9. The van der Waals surface area contributed by atoms with Gasteiger partial charge in [0.15, 0.2) is 5.82 Å². The molecular formula is C18H20N6O3. The number of amides is 1. The minimum absolute atomic E-state index is 0.102. The van der Waals surface area contributed by atoms with Crippen LogP contribution in [-0.4, -0.2) is 63.0 Å². The molecule has 0 radical (unpaired) electrons. The quantitative estimate of drug-likeness (QED) is 0.726. The van der Waals surface area contributed by atoms with Crippen LogP contribution >= 0.6 is 0 Å². The van der Waals surface area contributed by atoms with Gasteiger partial charge in [0, 0.05) is 12.1 Å². The highest BCUT2D eigenvalue weighted by molar-refractivity contribution is 5.99. The first kappa shape index (κ1) is 17.2. The van der Waals surface area contributed by atoms with Crippen LogP contribution in [0.1, 0.15) is 28.1 Å². The lowest BCUT2D eigenvalue weighted by Crippen LogP contribution is -2.42. The van der Waals surface area contributed by atoms with Crippen molar-refractivity contribution in [1.82, 2.24) is 30.3 Å². The predicted molar refractivity (Wildman–Crippen MR) is 96.3 cm³/mol. The molecule has 1 aliphatic heterocycles. The molecule has 1 aliphatic rings. The summed E-state index contributed by atoms with van der Waals surface area (Å²) >= 11 is 0. The van der Waals surface area contributed by atoms with Crippen molar-refractivity contribution in [1.29, 1.82) is 0 Å². The number of rotatable bonds is 4. The van der Waals surface area contributed by atoms with Crippen LogP contribution in [0, 0.1) is 6.92 Å². The summed E-state index contributed by atoms with van der Waals surface area (Å²) in [5.74, 6) is 1.93. The van der Waals surface area contributed by atoms with Crippen molar-refractivity contribution in [2.24, 2.45) is 0 Å². The summed E-state index contributed by atoms with van der Waals surface area (Å²) in [6.07, 6.45) is 1.22. The zero-order valence-corrected chi connectivity index (χ0v) is 15.1. The first-order valence-electron chi connectivity index (χ1n) is 8.63. The van der Waals surface area contributed by atoms with E-state index >= 15 is 0 Å². The number of hydrogen-bond acceptors (Lipinski definition) is 6. The highest BCUT2D eigenvalue weighted by atomic mass is 16.5. The molecule has 9 heteroatoms. The van der Waals surface area contributed by atoms with Gasteiger partial charge in [-0.1, -0.05) is 0 Å². The van der Waals surface area contributed by atoms with Crippen molar-refractivity contribution in [2.75, 3.05) is 26.8 Å². The number of carbonyl (C=O) groups is 1. The van der Waals surface area contributed by atoms with E-state index in [0.717, 1.165) is 11.3 Å². The Labute approximate surface area is 155 Å². The van der Waals surface area contributed by atoms with Gasteiger partial charge in [-0.25, -0.2) is 4.98 Å². The van der Waals surface area contributed by atoms with Gasteiger partial charge in [-0.3, -0.25) is 15.0 Å². The van der Waals surface area contributed by atoms with Gasteiger partial charge >= 0.3 is 0 Å². The highest BCUT2D eigenvalue weighted by Crippen LogP contribution is 2.26. The fourth-order valence-corrected chi connectivity index (χ4v) is 3.09. The third kappa shape index (κ3) is 3.41. The Kier molecular flexibility index (Phi) is 4.59. The minimum atomic E-state index is -0.344. The predicted octanol–water partition coefficient (Wildman–Crippen LogP) is 1.73. The molecule has 1 fully saturated rings. The number of nitrogens with zero attached hydrogens (tertiary/aromatic N) is 4. The van der Waals surface area contributed by atoms with Crippen molar-refractivity contribution >= 4 is 5.91 Å². The second kappa shape index (κ2) is 7.20. The third-order valence-electron chi connectivity index (χ3n) is 4.50. The van der Waals surface area contributed by atoms with E-state index < -0.39 is 0 Å². The lowest BCUT2D eigenvalue weighted by Gasteiger charge is -2.31. The molecular weight excluding hydrogens is 348 g/mol. The SMILES string of the molecule is COc1ccc(-c2[nH]ncc2C(=O)N2CCOC(c3n[nH]c(C)n3)C2)cc1. The first-order valence-corrected chi connectivity index (χ1v) is 8.63. The second-order valence-corrected chi connectivity index (χ2v) is 6.28. The summed E-state index contributed by atoms with van der Waals surface area (Å²) in [4.78, 5) is 19.2. The third-order valence-corrected chi connectivity index (χ3v) is 4.50. The topological polar surface area (TPSA) is 109 Å². The van der Waals surface area contributed by atoms with Crippen LogP contribution in [0.4, 0.5) is 0 Å². The molecule has 0 bridgehead atoms. The monoisotopic (exact) mass is 368 g/mol. The van der Waals surface area contributed by atoms with E-state index in [-0.39, 0.29) is 12.0 Å². The summed E-state index contributed by atoms with van der Waals surface area (Å²) in [5.41, 5.74) is 2.07. The largest absolute Gasteiger partial charge is 0.497 e. The van der Waals surface area contributed by atoms with Gasteiger partial charge < -0.3 is 14.4 Å². The number of morpholine rings is 1. The van der Waals surface area contributed by atoms with E-state index in [2.05, 4.69) is 25.4 Å². The lowest BCUT2D eigenvalue weighted by molar-refractivity contribution is -0.0266. The number of aryl methyl sites for hydroxylation is 1. The van der Waals surface area contributed by atoms with Gasteiger partial charge in [0.05, 0.1) is 37.7 Å². The molecule has 2 aromatic heterocycles. The standard InChI is InChI=1S/C18H20N6O3/c1-11-20-17(23-21-11)15-10-24(7-8-27-15)18(25)14-9-19-22-16(14)12-3-5-13(26-2)6-4-12/h3-6,9,15H,7-8,10H2,1-2H3,(H,19,22)(H,20,21,23). The van der Waals surface area contributed by atoms with Crippen molar-refractivity contribution in [3.63, 3.8) is 0 Å². The average molecular weight is 368 g/mol. The Hall–Kier alpha value is -3.20. The first-order chi connectivity index (χ1) is 13.2. The Morgan fingerprint density at radius 1 is 1.30 bits per heavy atom. The number of benzene rings is 1. The summed E-state index contributed by atoms with van der Waals surface area (Å²) in [6.45, 7) is 3.16. The maximum absolute atomic E-state index is 13.1. The number of H-pyrrole nitrogens is 2. The number of aromatic amines is 2. The van der Waals surface area contributed by atoms with Crippen molar-refractivity contribution in [2.45, 2.75) is 13.0 Å². The maximum atomic E-state index is 13.1. The van der Waals surface area contributed by atoms with Crippen LogP contribution in [0.25, 0.3) is 11.3 Å². The zero-order valence-electron chi connectivity index (χ0n) is 15.1. The van der Waals surface area contributed by atoms with Crippen molar-refractivity contribution < 1.29 is 14.3 Å². The molecule has 1 saturated heterocycles. The molecule has 27 heavy (non-hydrogen) atoms. The van der Waals surface area contributed by atoms with E-state index in [4.69, 9.17) is 9.47 Å². The smallest absolute Gasteiger partial charge is 0.257 e. The summed E-state index contributed by atoms with van der Waals surface area (Å²) in [5, 5.41) is 14.0. The van der Waals surface area contributed by atoms with Gasteiger partial charge in [0.25, 0.3) is 5.91 Å². The highest BCUT2D eigenvalue weighted by Gasteiger charge is 2.30. The molecule has 1 atom stereocenters. The molecule has 140 valence electrons. The molecule has 1 unspecified atom stereocenters. The number of carbonyl (C=O) groups excluding carboxylic acids is 1. The normalized spacial score (nSPS) is 17.1. The number of hydrogen-bond donors (Lipinski definition) is 2. The fourth-order valence-electron chi connectivity index (χ4n) is 3.09. The molecule has 9 nitrogen and oxygen atoms in total. The molecule has 3 aromatic rings. The number of nitrogens with one attached hydrogen (secondary N) is 2. The van der Waals surface area contributed by atoms with Crippen LogP contribution in [0.3, 0.4) is 0 Å². The van der Waals surface area contributed by atoms with Gasteiger partial charge in [-0.15, -0.1) is 0 Å². The minimum Gasteiger partial charge on any atom is -0.497 e. The fraction of sp³-hybridized carbons (Fsp3) is 0.333. The van der Waals surface area contributed by atoms with Gasteiger partial charge in [-0.05, 0) is 31.2 Å². The average Bonchev–Trinajstić information content (AvgIpc) is 3.37. The summed E-state index contributed by atoms with van der Waals surface area (Å²) in [7, 11) is 1.62. The van der Waals surface area contributed by atoms with E-state index in [1.54, 1.807) is 18.2 Å². The van der Waals surface area contributed by atoms with Crippen LogP contribution in [0.15, 0.2) is 30.5 Å².